The third-order valence-corrected chi connectivity index (χ3v) is 4.98. The van der Waals surface area contributed by atoms with Gasteiger partial charge in [0.2, 0.25) is 15.9 Å². The van der Waals surface area contributed by atoms with E-state index in [1.807, 2.05) is 0 Å². The molecule has 1 atom stereocenters. The van der Waals surface area contributed by atoms with Gasteiger partial charge in [-0.15, -0.1) is 0 Å². The highest BCUT2D eigenvalue weighted by Gasteiger charge is 2.22. The Morgan fingerprint density at radius 1 is 1.19 bits per heavy atom. The van der Waals surface area contributed by atoms with E-state index >= 15 is 0 Å². The van der Waals surface area contributed by atoms with Gasteiger partial charge in [0.15, 0.2) is 0 Å². The fraction of sp³-hybridized carbons (Fsp3) is 0.188. The van der Waals surface area contributed by atoms with Gasteiger partial charge in [0.25, 0.3) is 5.69 Å². The van der Waals surface area contributed by atoms with Crippen LogP contribution in [0.1, 0.15) is 6.92 Å². The topological polar surface area (TPSA) is 128 Å². The van der Waals surface area contributed by atoms with Gasteiger partial charge in [0.1, 0.15) is 5.75 Å². The predicted molar refractivity (Wildman–Crippen MR) is 94.5 cm³/mol. The zero-order valence-corrected chi connectivity index (χ0v) is 14.8. The molecule has 138 valence electrons. The molecule has 2 aromatic rings. The van der Waals surface area contributed by atoms with Crippen LogP contribution < -0.4 is 14.8 Å². The monoisotopic (exact) mass is 379 g/mol. The Hall–Kier alpha value is -2.98. The minimum atomic E-state index is -3.92. The number of carbonyl (C=O) groups excluding carboxylic acids is 1. The number of sulfonamides is 1. The fourth-order valence-electron chi connectivity index (χ4n) is 2.06. The Labute approximate surface area is 150 Å². The predicted octanol–water partition coefficient (Wildman–Crippen LogP) is 1.91. The summed E-state index contributed by atoms with van der Waals surface area (Å²) in [6, 6.07) is 9.94. The van der Waals surface area contributed by atoms with Gasteiger partial charge in [0.05, 0.1) is 23.0 Å². The molecule has 2 rings (SSSR count). The average molecular weight is 379 g/mol. The molecule has 2 aromatic carbocycles. The van der Waals surface area contributed by atoms with Gasteiger partial charge < -0.3 is 10.1 Å². The van der Waals surface area contributed by atoms with Crippen LogP contribution in [0.5, 0.6) is 5.75 Å². The number of ether oxygens (including phenoxy) is 1. The van der Waals surface area contributed by atoms with E-state index in [0.29, 0.717) is 5.75 Å². The highest BCUT2D eigenvalue weighted by atomic mass is 32.2. The Morgan fingerprint density at radius 2 is 1.85 bits per heavy atom. The quantitative estimate of drug-likeness (QED) is 0.559. The number of nitro benzene ring substituents is 1. The van der Waals surface area contributed by atoms with E-state index in [0.717, 1.165) is 0 Å². The smallest absolute Gasteiger partial charge is 0.271 e. The van der Waals surface area contributed by atoms with Crippen LogP contribution in [-0.4, -0.2) is 32.4 Å². The number of nitrogens with zero attached hydrogens (tertiary/aromatic N) is 1. The highest BCUT2D eigenvalue weighted by molar-refractivity contribution is 7.89. The first-order chi connectivity index (χ1) is 12.2. The number of methoxy groups -OCH3 is 1. The van der Waals surface area contributed by atoms with Gasteiger partial charge in [-0.1, -0.05) is 6.07 Å². The number of hydrogen-bond donors (Lipinski definition) is 2. The summed E-state index contributed by atoms with van der Waals surface area (Å²) < 4.78 is 31.9. The largest absolute Gasteiger partial charge is 0.497 e. The van der Waals surface area contributed by atoms with Crippen LogP contribution >= 0.6 is 0 Å². The van der Waals surface area contributed by atoms with Crippen LogP contribution in [0.4, 0.5) is 11.4 Å². The molecule has 10 heteroatoms. The number of amides is 1. The summed E-state index contributed by atoms with van der Waals surface area (Å²) in [6.45, 7) is 1.37. The summed E-state index contributed by atoms with van der Waals surface area (Å²) in [5.74, 6) is -0.150. The van der Waals surface area contributed by atoms with Crippen LogP contribution in [0.15, 0.2) is 53.4 Å². The SMILES string of the molecule is COc1ccc(S(=O)(=O)N[C@H](C)C(=O)Nc2cccc([N+](=O)[O-])c2)cc1. The summed E-state index contributed by atoms with van der Waals surface area (Å²) >= 11 is 0. The van der Waals surface area contributed by atoms with Crippen LogP contribution in [0.2, 0.25) is 0 Å². The zero-order chi connectivity index (χ0) is 19.3. The number of benzene rings is 2. The second kappa shape index (κ2) is 7.93. The van der Waals surface area contributed by atoms with Crippen molar-refractivity contribution in [3.05, 3.63) is 58.6 Å². The molecule has 0 aromatic heterocycles. The standard InChI is InChI=1S/C16H17N3O6S/c1-11(16(20)17-12-4-3-5-13(10-12)19(21)22)18-26(23,24)15-8-6-14(25-2)7-9-15/h3-11,18H,1-2H3,(H,17,20)/t11-/m1/s1. The van der Waals surface area contributed by atoms with Crippen molar-refractivity contribution >= 4 is 27.3 Å². The van der Waals surface area contributed by atoms with Gasteiger partial charge in [-0.05, 0) is 37.3 Å². The number of non-ortho nitro benzene ring substituents is 1. The molecule has 0 saturated heterocycles. The molecule has 0 radical (unpaired) electrons. The summed E-state index contributed by atoms with van der Waals surface area (Å²) in [5, 5.41) is 13.2. The minimum absolute atomic E-state index is 0.0201. The van der Waals surface area contributed by atoms with Crippen molar-refractivity contribution in [3.8, 4) is 5.75 Å². The van der Waals surface area contributed by atoms with Crippen molar-refractivity contribution in [1.29, 1.82) is 0 Å². The molecule has 0 aliphatic carbocycles. The summed E-state index contributed by atoms with van der Waals surface area (Å²) in [7, 11) is -2.46. The van der Waals surface area contributed by atoms with Crippen LogP contribution in [0.25, 0.3) is 0 Å². The molecule has 26 heavy (non-hydrogen) atoms. The first-order valence-electron chi connectivity index (χ1n) is 7.44. The van der Waals surface area contributed by atoms with E-state index in [1.165, 1.54) is 62.6 Å². The lowest BCUT2D eigenvalue weighted by atomic mass is 10.2. The fourth-order valence-corrected chi connectivity index (χ4v) is 3.26. The van der Waals surface area contributed by atoms with Crippen LogP contribution in [0, 0.1) is 10.1 Å². The maximum atomic E-state index is 12.3. The Bertz CT molecular complexity index is 912. The molecule has 0 unspecified atom stereocenters. The van der Waals surface area contributed by atoms with Crippen LogP contribution in [-0.2, 0) is 14.8 Å². The van der Waals surface area contributed by atoms with Crippen molar-refractivity contribution in [1.82, 2.24) is 4.72 Å². The Balaban J connectivity index is 2.07. The normalized spacial score (nSPS) is 12.2. The van der Waals surface area contributed by atoms with Gasteiger partial charge >= 0.3 is 0 Å². The molecule has 0 fully saturated rings. The van der Waals surface area contributed by atoms with E-state index in [4.69, 9.17) is 4.74 Å². The lowest BCUT2D eigenvalue weighted by Gasteiger charge is -2.14. The zero-order valence-electron chi connectivity index (χ0n) is 14.0. The van der Waals surface area contributed by atoms with Crippen molar-refractivity contribution in [2.45, 2.75) is 17.9 Å². The van der Waals surface area contributed by atoms with E-state index in [-0.39, 0.29) is 16.3 Å². The van der Waals surface area contributed by atoms with E-state index in [1.54, 1.807) is 0 Å². The molecule has 0 spiro atoms. The second-order valence-electron chi connectivity index (χ2n) is 5.32. The Morgan fingerprint density at radius 3 is 2.42 bits per heavy atom. The van der Waals surface area contributed by atoms with Crippen LogP contribution in [0.3, 0.4) is 0 Å². The maximum absolute atomic E-state index is 12.3. The summed E-state index contributed by atoms with van der Waals surface area (Å²) in [5.41, 5.74) is 0.00830. The molecule has 2 N–H and O–H groups in total. The number of hydrogen-bond acceptors (Lipinski definition) is 6. The highest BCUT2D eigenvalue weighted by Crippen LogP contribution is 2.18. The molecule has 0 bridgehead atoms. The molecule has 9 nitrogen and oxygen atoms in total. The van der Waals surface area contributed by atoms with Gasteiger partial charge in [-0.2, -0.15) is 4.72 Å². The van der Waals surface area contributed by atoms with Gasteiger partial charge in [-0.25, -0.2) is 8.42 Å². The first kappa shape index (κ1) is 19.3. The van der Waals surface area contributed by atoms with Crippen molar-refractivity contribution in [2.75, 3.05) is 12.4 Å². The molecule has 0 heterocycles. The molecule has 0 aliphatic rings. The summed E-state index contributed by atoms with van der Waals surface area (Å²) in [6.07, 6.45) is 0. The van der Waals surface area contributed by atoms with E-state index in [2.05, 4.69) is 10.0 Å². The van der Waals surface area contributed by atoms with Gasteiger partial charge in [-0.3, -0.25) is 14.9 Å². The number of carbonyl (C=O) groups is 1. The molecular weight excluding hydrogens is 362 g/mol. The lowest BCUT2D eigenvalue weighted by Crippen LogP contribution is -2.41. The number of anilines is 1. The second-order valence-corrected chi connectivity index (χ2v) is 7.03. The number of nitrogens with one attached hydrogen (secondary N) is 2. The maximum Gasteiger partial charge on any atom is 0.271 e. The van der Waals surface area contributed by atoms with E-state index in [9.17, 15) is 23.3 Å². The minimum Gasteiger partial charge on any atom is -0.497 e. The Kier molecular flexibility index (Phi) is 5.90. The van der Waals surface area contributed by atoms with Crippen molar-refractivity contribution in [3.63, 3.8) is 0 Å². The van der Waals surface area contributed by atoms with Gasteiger partial charge in [0, 0.05) is 17.8 Å². The van der Waals surface area contributed by atoms with E-state index < -0.39 is 26.9 Å². The molecule has 0 saturated carbocycles. The molecule has 1 amide bonds. The lowest BCUT2D eigenvalue weighted by molar-refractivity contribution is -0.384. The molecule has 0 aliphatic heterocycles. The van der Waals surface area contributed by atoms with Crippen molar-refractivity contribution < 1.29 is 22.9 Å². The third kappa shape index (κ3) is 4.77. The number of nitro groups is 1. The first-order valence-corrected chi connectivity index (χ1v) is 8.93. The summed E-state index contributed by atoms with van der Waals surface area (Å²) in [4.78, 5) is 22.3. The number of rotatable bonds is 7. The third-order valence-electron chi connectivity index (χ3n) is 3.42. The molecular formula is C16H17N3O6S. The van der Waals surface area contributed by atoms with Crippen molar-refractivity contribution in [2.24, 2.45) is 0 Å². The average Bonchev–Trinajstić information content (AvgIpc) is 2.61.